The highest BCUT2D eigenvalue weighted by Crippen LogP contribution is 2.38. The number of carbonyl (C=O) groups is 2. The first-order chi connectivity index (χ1) is 15.8. The lowest BCUT2D eigenvalue weighted by Gasteiger charge is -2.12. The molecule has 0 unspecified atom stereocenters. The van der Waals surface area contributed by atoms with Gasteiger partial charge in [-0.15, -0.1) is 0 Å². The second-order valence-corrected chi connectivity index (χ2v) is 10.2. The highest BCUT2D eigenvalue weighted by atomic mass is 127. The van der Waals surface area contributed by atoms with Gasteiger partial charge in [-0.1, -0.05) is 47.5 Å². The van der Waals surface area contributed by atoms with E-state index in [9.17, 15) is 14.0 Å². The molecule has 3 aromatic carbocycles. The fourth-order valence-corrected chi connectivity index (χ4v) is 4.91. The zero-order valence-electron chi connectivity index (χ0n) is 16.9. The molecule has 0 aromatic heterocycles. The first kappa shape index (κ1) is 24.1. The summed E-state index contributed by atoms with van der Waals surface area (Å²) in [5.41, 5.74) is 2.20. The maximum absolute atomic E-state index is 13.1. The molecule has 2 amide bonds. The van der Waals surface area contributed by atoms with E-state index in [0.29, 0.717) is 33.5 Å². The van der Waals surface area contributed by atoms with Gasteiger partial charge in [0.25, 0.3) is 11.1 Å². The van der Waals surface area contributed by atoms with Crippen molar-refractivity contribution in [3.05, 3.63) is 102 Å². The number of amides is 2. The van der Waals surface area contributed by atoms with Gasteiger partial charge in [0.05, 0.1) is 21.5 Å². The van der Waals surface area contributed by atoms with Crippen LogP contribution >= 0.6 is 57.6 Å². The van der Waals surface area contributed by atoms with Crippen LogP contribution in [0.25, 0.3) is 6.08 Å². The zero-order chi connectivity index (χ0) is 23.5. The number of benzene rings is 3. The molecule has 1 aliphatic heterocycles. The van der Waals surface area contributed by atoms with Crippen LogP contribution in [0.5, 0.6) is 5.75 Å². The molecular formula is C24H15Cl2FINO3S. The largest absolute Gasteiger partial charge is 0.486 e. The van der Waals surface area contributed by atoms with Crippen LogP contribution in [-0.4, -0.2) is 16.0 Å². The Kier molecular flexibility index (Phi) is 7.63. The average Bonchev–Trinajstić information content (AvgIpc) is 3.03. The number of thioether (sulfide) groups is 1. The monoisotopic (exact) mass is 613 g/mol. The summed E-state index contributed by atoms with van der Waals surface area (Å²) in [6, 6.07) is 16.8. The molecule has 1 fully saturated rings. The Morgan fingerprint density at radius 2 is 1.58 bits per heavy atom. The van der Waals surface area contributed by atoms with E-state index in [-0.39, 0.29) is 17.3 Å². The molecule has 9 heteroatoms. The van der Waals surface area contributed by atoms with Crippen molar-refractivity contribution in [2.45, 2.75) is 13.2 Å². The number of hydrogen-bond acceptors (Lipinski definition) is 4. The summed E-state index contributed by atoms with van der Waals surface area (Å²) in [4.78, 5) is 26.5. The maximum atomic E-state index is 13.1. The summed E-state index contributed by atoms with van der Waals surface area (Å²) in [6.45, 7) is 0.368. The van der Waals surface area contributed by atoms with Crippen molar-refractivity contribution in [2.24, 2.45) is 0 Å². The SMILES string of the molecule is O=C1SC(=Cc2cc(Cl)c(OCc3ccc(I)cc3)c(Cl)c2)C(=O)N1Cc1ccc(F)cc1. The molecular weight excluding hydrogens is 599 g/mol. The Hall–Kier alpha value is -2.07. The molecule has 0 atom stereocenters. The van der Waals surface area contributed by atoms with Crippen LogP contribution in [-0.2, 0) is 17.9 Å². The van der Waals surface area contributed by atoms with Crippen molar-refractivity contribution in [1.29, 1.82) is 0 Å². The summed E-state index contributed by atoms with van der Waals surface area (Å²) in [6.07, 6.45) is 1.57. The second-order valence-electron chi connectivity index (χ2n) is 7.12. The number of hydrogen-bond donors (Lipinski definition) is 0. The molecule has 0 aliphatic carbocycles. The van der Waals surface area contributed by atoms with Gasteiger partial charge in [0.1, 0.15) is 12.4 Å². The number of halogens is 4. The first-order valence-corrected chi connectivity index (χ1v) is 12.3. The van der Waals surface area contributed by atoms with Crippen molar-refractivity contribution in [2.75, 3.05) is 0 Å². The standard InChI is InChI=1S/C24H15Cl2FINO3S/c25-19-9-16(10-20(26)22(19)32-13-15-3-7-18(28)8-4-15)11-21-23(30)29(24(31)33-21)12-14-1-5-17(27)6-2-14/h1-11H,12-13H2. The van der Waals surface area contributed by atoms with Crippen LogP contribution in [0.15, 0.2) is 65.6 Å². The first-order valence-electron chi connectivity index (χ1n) is 9.66. The highest BCUT2D eigenvalue weighted by molar-refractivity contribution is 14.1. The highest BCUT2D eigenvalue weighted by Gasteiger charge is 2.35. The summed E-state index contributed by atoms with van der Waals surface area (Å²) in [5, 5.41) is 0.194. The van der Waals surface area contributed by atoms with E-state index in [1.54, 1.807) is 18.2 Å². The van der Waals surface area contributed by atoms with Gasteiger partial charge in [0.15, 0.2) is 5.75 Å². The smallest absolute Gasteiger partial charge is 0.293 e. The number of imide groups is 1. The van der Waals surface area contributed by atoms with E-state index >= 15 is 0 Å². The van der Waals surface area contributed by atoms with Crippen LogP contribution in [0.3, 0.4) is 0 Å². The fourth-order valence-electron chi connectivity index (χ4n) is 3.10. The minimum absolute atomic E-state index is 0.0646. The molecule has 4 rings (SSSR count). The van der Waals surface area contributed by atoms with Crippen LogP contribution in [0.1, 0.15) is 16.7 Å². The summed E-state index contributed by atoms with van der Waals surface area (Å²) >= 11 is 15.8. The van der Waals surface area contributed by atoms with Crippen molar-refractivity contribution < 1.29 is 18.7 Å². The molecule has 1 heterocycles. The zero-order valence-corrected chi connectivity index (χ0v) is 21.3. The third kappa shape index (κ3) is 5.90. The Labute approximate surface area is 217 Å². The summed E-state index contributed by atoms with van der Waals surface area (Å²) in [7, 11) is 0. The van der Waals surface area contributed by atoms with Gasteiger partial charge in [-0.05, 0) is 93.5 Å². The number of nitrogens with zero attached hydrogens (tertiary/aromatic N) is 1. The van der Waals surface area contributed by atoms with Gasteiger partial charge in [-0.3, -0.25) is 14.5 Å². The van der Waals surface area contributed by atoms with Gasteiger partial charge in [0.2, 0.25) is 0 Å². The Bertz CT molecular complexity index is 1230. The predicted octanol–water partition coefficient (Wildman–Crippen LogP) is 7.55. The van der Waals surface area contributed by atoms with Crippen LogP contribution in [0.4, 0.5) is 9.18 Å². The predicted molar refractivity (Wildman–Crippen MR) is 138 cm³/mol. The number of rotatable bonds is 6. The van der Waals surface area contributed by atoms with Crippen LogP contribution in [0.2, 0.25) is 10.0 Å². The van der Waals surface area contributed by atoms with Gasteiger partial charge < -0.3 is 4.74 Å². The topological polar surface area (TPSA) is 46.6 Å². The minimum Gasteiger partial charge on any atom is -0.486 e. The molecule has 1 saturated heterocycles. The number of ether oxygens (including phenoxy) is 1. The quantitative estimate of drug-likeness (QED) is 0.213. The fraction of sp³-hybridized carbons (Fsp3) is 0.0833. The van der Waals surface area contributed by atoms with Crippen LogP contribution in [0, 0.1) is 9.39 Å². The van der Waals surface area contributed by atoms with E-state index in [1.807, 2.05) is 24.3 Å². The van der Waals surface area contributed by atoms with Gasteiger partial charge in [-0.25, -0.2) is 4.39 Å². The Morgan fingerprint density at radius 1 is 0.970 bits per heavy atom. The maximum Gasteiger partial charge on any atom is 0.293 e. The average molecular weight is 614 g/mol. The molecule has 168 valence electrons. The molecule has 4 nitrogen and oxygen atoms in total. The molecule has 0 radical (unpaired) electrons. The van der Waals surface area contributed by atoms with Crippen molar-refractivity contribution >= 4 is 74.8 Å². The molecule has 1 aliphatic rings. The van der Waals surface area contributed by atoms with Crippen molar-refractivity contribution in [1.82, 2.24) is 4.90 Å². The van der Waals surface area contributed by atoms with Gasteiger partial charge >= 0.3 is 0 Å². The minimum atomic E-state index is -0.430. The van der Waals surface area contributed by atoms with Crippen LogP contribution < -0.4 is 4.74 Å². The summed E-state index contributed by atoms with van der Waals surface area (Å²) in [5.74, 6) is -0.466. The van der Waals surface area contributed by atoms with Crippen molar-refractivity contribution in [3.63, 3.8) is 0 Å². The molecule has 3 aromatic rings. The van der Waals surface area contributed by atoms with E-state index < -0.39 is 11.1 Å². The molecule has 33 heavy (non-hydrogen) atoms. The lowest BCUT2D eigenvalue weighted by atomic mass is 10.2. The lowest BCUT2D eigenvalue weighted by molar-refractivity contribution is -0.123. The second kappa shape index (κ2) is 10.5. The molecule has 0 N–H and O–H groups in total. The van der Waals surface area contributed by atoms with Crippen molar-refractivity contribution in [3.8, 4) is 5.75 Å². The molecule has 0 bridgehead atoms. The normalized spacial score (nSPS) is 14.9. The van der Waals surface area contributed by atoms with Gasteiger partial charge in [0, 0.05) is 3.57 Å². The van der Waals surface area contributed by atoms with E-state index in [2.05, 4.69) is 22.6 Å². The number of carbonyl (C=O) groups excluding carboxylic acids is 2. The van der Waals surface area contributed by atoms with E-state index in [0.717, 1.165) is 25.8 Å². The Balaban J connectivity index is 1.49. The van der Waals surface area contributed by atoms with E-state index in [4.69, 9.17) is 27.9 Å². The van der Waals surface area contributed by atoms with E-state index in [1.165, 1.54) is 24.3 Å². The molecule has 0 saturated carbocycles. The lowest BCUT2D eigenvalue weighted by Crippen LogP contribution is -2.27. The van der Waals surface area contributed by atoms with Gasteiger partial charge in [-0.2, -0.15) is 0 Å². The summed E-state index contributed by atoms with van der Waals surface area (Å²) < 4.78 is 20.0. The third-order valence-corrected chi connectivity index (χ3v) is 6.93. The third-order valence-electron chi connectivity index (χ3n) is 4.74. The molecule has 0 spiro atoms. The Morgan fingerprint density at radius 3 is 2.21 bits per heavy atom.